The molecule has 2 saturated heterocycles. The molecule has 2 aromatic rings. The number of rotatable bonds is 2. The Morgan fingerprint density at radius 3 is 2.48 bits per heavy atom. The van der Waals surface area contributed by atoms with Crippen molar-refractivity contribution in [3.8, 4) is 0 Å². The average Bonchev–Trinajstić information content (AvgIpc) is 3.15. The number of carbonyl (C=O) groups excluding carboxylic acids is 1. The summed E-state index contributed by atoms with van der Waals surface area (Å²) in [5.74, 6) is 0.164. The van der Waals surface area contributed by atoms with Crippen LogP contribution in [0.25, 0.3) is 0 Å². The minimum Gasteiger partial charge on any atom is -0.332 e. The molecule has 7 heteroatoms. The van der Waals surface area contributed by atoms with Gasteiger partial charge in [0.1, 0.15) is 4.88 Å². The Morgan fingerprint density at radius 2 is 1.96 bits per heavy atom. The van der Waals surface area contributed by atoms with Crippen LogP contribution >= 0.6 is 22.9 Å². The quantitative estimate of drug-likeness (QED) is 0.831. The van der Waals surface area contributed by atoms with Gasteiger partial charge in [-0.3, -0.25) is 9.48 Å². The number of carbonyl (C=O) groups is 1. The first-order valence-electron chi connectivity index (χ1n) is 7.99. The van der Waals surface area contributed by atoms with E-state index in [1.54, 1.807) is 6.20 Å². The molecule has 0 saturated carbocycles. The van der Waals surface area contributed by atoms with E-state index in [4.69, 9.17) is 11.6 Å². The van der Waals surface area contributed by atoms with Crippen LogP contribution in [0.5, 0.6) is 0 Å². The number of nitrogens with zero attached hydrogens (tertiary/aromatic N) is 4. The van der Waals surface area contributed by atoms with Gasteiger partial charge in [-0.05, 0) is 39.5 Å². The molecule has 0 spiro atoms. The normalized spacial score (nSPS) is 26.7. The topological polar surface area (TPSA) is 51.0 Å². The lowest BCUT2D eigenvalue weighted by Gasteiger charge is -2.38. The van der Waals surface area contributed by atoms with E-state index in [9.17, 15) is 4.79 Å². The van der Waals surface area contributed by atoms with Crippen molar-refractivity contribution in [1.29, 1.82) is 0 Å². The molecule has 2 aliphatic rings. The van der Waals surface area contributed by atoms with Crippen LogP contribution in [0, 0.1) is 13.8 Å². The number of hydrogen-bond acceptors (Lipinski definition) is 4. The van der Waals surface area contributed by atoms with Crippen LogP contribution in [0.3, 0.4) is 0 Å². The Balaban J connectivity index is 1.57. The lowest BCUT2D eigenvalue weighted by atomic mass is 9.97. The zero-order chi connectivity index (χ0) is 16.1. The zero-order valence-electron chi connectivity index (χ0n) is 13.2. The average molecular weight is 351 g/mol. The van der Waals surface area contributed by atoms with Crippen LogP contribution in [0.1, 0.15) is 52.1 Å². The molecular weight excluding hydrogens is 332 g/mol. The van der Waals surface area contributed by atoms with Crippen molar-refractivity contribution in [3.05, 3.63) is 33.0 Å². The minimum absolute atomic E-state index is 0.164. The third-order valence-electron chi connectivity index (χ3n) is 4.98. The van der Waals surface area contributed by atoms with Crippen LogP contribution in [0.4, 0.5) is 0 Å². The van der Waals surface area contributed by atoms with Gasteiger partial charge in [-0.1, -0.05) is 11.6 Å². The molecule has 2 bridgehead atoms. The minimum atomic E-state index is 0.164. The van der Waals surface area contributed by atoms with Gasteiger partial charge in [0, 0.05) is 18.3 Å². The van der Waals surface area contributed by atoms with E-state index < -0.39 is 0 Å². The maximum absolute atomic E-state index is 13.0. The molecule has 2 unspecified atom stereocenters. The van der Waals surface area contributed by atoms with Gasteiger partial charge in [-0.2, -0.15) is 5.10 Å². The Bertz CT molecular complexity index is 741. The molecule has 5 nitrogen and oxygen atoms in total. The van der Waals surface area contributed by atoms with Crippen LogP contribution in [0.15, 0.2) is 12.4 Å². The number of halogens is 1. The van der Waals surface area contributed by atoms with E-state index in [-0.39, 0.29) is 5.91 Å². The van der Waals surface area contributed by atoms with Gasteiger partial charge in [0.2, 0.25) is 0 Å². The van der Waals surface area contributed by atoms with Crippen molar-refractivity contribution in [2.24, 2.45) is 0 Å². The fourth-order valence-corrected chi connectivity index (χ4v) is 5.07. The molecule has 0 radical (unpaired) electrons. The monoisotopic (exact) mass is 350 g/mol. The summed E-state index contributed by atoms with van der Waals surface area (Å²) in [6.45, 7) is 3.88. The lowest BCUT2D eigenvalue weighted by Crippen LogP contribution is -2.47. The second-order valence-electron chi connectivity index (χ2n) is 6.51. The fourth-order valence-electron chi connectivity index (χ4n) is 4.06. The number of aromatic nitrogens is 3. The number of fused-ring (bicyclic) bond motifs is 2. The first kappa shape index (κ1) is 15.1. The highest BCUT2D eigenvalue weighted by atomic mass is 35.5. The Kier molecular flexibility index (Phi) is 3.69. The number of hydrogen-bond donors (Lipinski definition) is 0. The zero-order valence-corrected chi connectivity index (χ0v) is 14.8. The van der Waals surface area contributed by atoms with Crippen LogP contribution in [0.2, 0.25) is 5.02 Å². The third-order valence-corrected chi connectivity index (χ3v) is 6.24. The van der Waals surface area contributed by atoms with E-state index in [0.29, 0.717) is 23.1 Å². The van der Waals surface area contributed by atoms with Gasteiger partial charge < -0.3 is 4.90 Å². The Morgan fingerprint density at radius 1 is 1.26 bits per heavy atom. The molecule has 0 N–H and O–H groups in total. The van der Waals surface area contributed by atoms with Gasteiger partial charge in [0.15, 0.2) is 0 Å². The van der Waals surface area contributed by atoms with Gasteiger partial charge in [0.05, 0.1) is 28.0 Å². The lowest BCUT2D eigenvalue weighted by molar-refractivity contribution is 0.0528. The maximum Gasteiger partial charge on any atom is 0.266 e. The molecule has 0 aliphatic carbocycles. The van der Waals surface area contributed by atoms with E-state index in [0.717, 1.165) is 41.3 Å². The summed E-state index contributed by atoms with van der Waals surface area (Å²) in [5.41, 5.74) is 0.859. The highest BCUT2D eigenvalue weighted by Crippen LogP contribution is 2.42. The molecule has 2 atom stereocenters. The van der Waals surface area contributed by atoms with Gasteiger partial charge in [-0.25, -0.2) is 4.98 Å². The molecule has 0 aromatic carbocycles. The maximum atomic E-state index is 13.0. The predicted molar refractivity (Wildman–Crippen MR) is 90.1 cm³/mol. The summed E-state index contributed by atoms with van der Waals surface area (Å²) in [6, 6.07) is 0.945. The summed E-state index contributed by atoms with van der Waals surface area (Å²) in [5, 5.41) is 5.99. The van der Waals surface area contributed by atoms with Crippen molar-refractivity contribution in [3.63, 3.8) is 0 Å². The first-order chi connectivity index (χ1) is 11.0. The van der Waals surface area contributed by atoms with E-state index in [2.05, 4.69) is 15.0 Å². The SMILES string of the molecule is Cc1nc(C)c(C(=O)N2C3CCC2CC(n2cc(Cl)cn2)C3)s1. The summed E-state index contributed by atoms with van der Waals surface area (Å²) in [7, 11) is 0. The summed E-state index contributed by atoms with van der Waals surface area (Å²) in [6.07, 6.45) is 7.65. The van der Waals surface area contributed by atoms with Gasteiger partial charge >= 0.3 is 0 Å². The Labute approximate surface area is 144 Å². The summed E-state index contributed by atoms with van der Waals surface area (Å²) in [4.78, 5) is 20.3. The van der Waals surface area contributed by atoms with E-state index >= 15 is 0 Å². The number of thiazole rings is 1. The summed E-state index contributed by atoms with van der Waals surface area (Å²) < 4.78 is 1.97. The predicted octanol–water partition coefficient (Wildman–Crippen LogP) is 3.62. The van der Waals surface area contributed by atoms with Crippen molar-refractivity contribution in [2.45, 2.75) is 57.7 Å². The standard InChI is InChI=1S/C16H19ClN4OS/c1-9-15(23-10(2)19-9)16(22)21-12-3-4-13(21)6-14(5-12)20-8-11(17)7-18-20/h7-8,12-14H,3-6H2,1-2H3. The molecule has 4 rings (SSSR count). The van der Waals surface area contributed by atoms with Crippen LogP contribution in [-0.4, -0.2) is 37.7 Å². The van der Waals surface area contributed by atoms with E-state index in [1.807, 2.05) is 24.7 Å². The second kappa shape index (κ2) is 5.60. The molecule has 23 heavy (non-hydrogen) atoms. The fraction of sp³-hybridized carbons (Fsp3) is 0.562. The molecular formula is C16H19ClN4OS. The highest BCUT2D eigenvalue weighted by Gasteiger charge is 2.44. The Hall–Kier alpha value is -1.40. The van der Waals surface area contributed by atoms with Gasteiger partial charge in [0.25, 0.3) is 5.91 Å². The summed E-state index contributed by atoms with van der Waals surface area (Å²) >= 11 is 7.50. The van der Waals surface area contributed by atoms with Crippen LogP contribution < -0.4 is 0 Å². The van der Waals surface area contributed by atoms with Crippen LogP contribution in [-0.2, 0) is 0 Å². The van der Waals surface area contributed by atoms with Gasteiger partial charge in [-0.15, -0.1) is 11.3 Å². The molecule has 4 heterocycles. The number of aryl methyl sites for hydroxylation is 2. The molecule has 1 amide bonds. The molecule has 122 valence electrons. The van der Waals surface area contributed by atoms with Crippen molar-refractivity contribution < 1.29 is 4.79 Å². The largest absolute Gasteiger partial charge is 0.332 e. The van der Waals surface area contributed by atoms with Crippen molar-refractivity contribution >= 4 is 28.8 Å². The van der Waals surface area contributed by atoms with Crippen molar-refractivity contribution in [2.75, 3.05) is 0 Å². The smallest absolute Gasteiger partial charge is 0.266 e. The van der Waals surface area contributed by atoms with E-state index in [1.165, 1.54) is 11.3 Å². The number of amides is 1. The highest BCUT2D eigenvalue weighted by molar-refractivity contribution is 7.13. The third kappa shape index (κ3) is 2.58. The molecule has 2 aromatic heterocycles. The molecule has 2 fully saturated rings. The second-order valence-corrected chi connectivity index (χ2v) is 8.15. The molecule has 2 aliphatic heterocycles. The first-order valence-corrected chi connectivity index (χ1v) is 9.18. The van der Waals surface area contributed by atoms with Crippen molar-refractivity contribution in [1.82, 2.24) is 19.7 Å². The number of piperidine rings is 1.